The number of nitrogens with two attached hydrogens (primary N) is 1. The summed E-state index contributed by atoms with van der Waals surface area (Å²) >= 11 is 0. The third-order valence-corrected chi connectivity index (χ3v) is 7.03. The van der Waals surface area contributed by atoms with Gasteiger partial charge in [0.15, 0.2) is 9.84 Å². The van der Waals surface area contributed by atoms with E-state index in [4.69, 9.17) is 5.73 Å². The number of rotatable bonds is 5. The molecule has 0 aromatic heterocycles. The van der Waals surface area contributed by atoms with E-state index in [0.29, 0.717) is 13.0 Å². The zero-order chi connectivity index (χ0) is 14.9. The standard InChI is InChI=1S/C14H29NO3S/c1-11(2)19(17,18)9-8-14(10-15)7-5-6-13(3,4)12(14)16/h11-12,16H,5-10,15H2,1-4H3. The topological polar surface area (TPSA) is 80.4 Å². The molecular weight excluding hydrogens is 262 g/mol. The SMILES string of the molecule is CC(C)S(=O)(=O)CCC1(CN)CCCC(C)(C)C1O. The molecule has 1 aliphatic carbocycles. The van der Waals surface area contributed by atoms with Gasteiger partial charge in [0, 0.05) is 12.0 Å². The second-order valence-corrected chi connectivity index (χ2v) is 9.65. The highest BCUT2D eigenvalue weighted by Gasteiger charge is 2.48. The number of hydrogen-bond acceptors (Lipinski definition) is 4. The minimum Gasteiger partial charge on any atom is -0.392 e. The van der Waals surface area contributed by atoms with Crippen LogP contribution in [0.2, 0.25) is 0 Å². The van der Waals surface area contributed by atoms with E-state index in [1.165, 1.54) is 0 Å². The minimum absolute atomic E-state index is 0.120. The average molecular weight is 291 g/mol. The zero-order valence-corrected chi connectivity index (χ0v) is 13.5. The van der Waals surface area contributed by atoms with Crippen LogP contribution in [0.25, 0.3) is 0 Å². The van der Waals surface area contributed by atoms with Crippen molar-refractivity contribution in [2.45, 2.75) is 64.7 Å². The Hall–Kier alpha value is -0.130. The largest absolute Gasteiger partial charge is 0.392 e. The molecule has 0 aromatic rings. The van der Waals surface area contributed by atoms with E-state index >= 15 is 0 Å². The van der Waals surface area contributed by atoms with Crippen LogP contribution < -0.4 is 5.73 Å². The first-order chi connectivity index (χ1) is 8.57. The maximum absolute atomic E-state index is 12.0. The minimum atomic E-state index is -3.07. The molecule has 19 heavy (non-hydrogen) atoms. The summed E-state index contributed by atoms with van der Waals surface area (Å²) in [4.78, 5) is 0. The first kappa shape index (κ1) is 16.9. The Bertz CT molecular complexity index is 403. The Morgan fingerprint density at radius 2 is 1.89 bits per heavy atom. The molecule has 1 aliphatic rings. The van der Waals surface area contributed by atoms with Crippen molar-refractivity contribution in [1.82, 2.24) is 0 Å². The van der Waals surface area contributed by atoms with Crippen molar-refractivity contribution in [1.29, 1.82) is 0 Å². The van der Waals surface area contributed by atoms with Crippen LogP contribution in [-0.4, -0.2) is 37.2 Å². The Kier molecular flexibility index (Phi) is 5.08. The van der Waals surface area contributed by atoms with Crippen molar-refractivity contribution < 1.29 is 13.5 Å². The highest BCUT2D eigenvalue weighted by molar-refractivity contribution is 7.91. The normalized spacial score (nSPS) is 31.6. The lowest BCUT2D eigenvalue weighted by molar-refractivity contribution is -0.0899. The van der Waals surface area contributed by atoms with Crippen LogP contribution in [-0.2, 0) is 9.84 Å². The molecule has 0 bridgehead atoms. The van der Waals surface area contributed by atoms with Gasteiger partial charge in [-0.15, -0.1) is 0 Å². The summed E-state index contributed by atoms with van der Waals surface area (Å²) in [5.74, 6) is 0.120. The van der Waals surface area contributed by atoms with E-state index in [1.807, 2.05) is 13.8 Å². The highest BCUT2D eigenvalue weighted by Crippen LogP contribution is 2.48. The van der Waals surface area contributed by atoms with Gasteiger partial charge in [0.05, 0.1) is 17.1 Å². The third-order valence-electron chi connectivity index (χ3n) is 4.83. The molecule has 3 N–H and O–H groups in total. The van der Waals surface area contributed by atoms with Crippen LogP contribution >= 0.6 is 0 Å². The van der Waals surface area contributed by atoms with Crippen LogP contribution in [0.5, 0.6) is 0 Å². The molecule has 1 fully saturated rings. The lowest BCUT2D eigenvalue weighted by atomic mass is 9.60. The molecule has 0 heterocycles. The third kappa shape index (κ3) is 3.50. The van der Waals surface area contributed by atoms with E-state index in [-0.39, 0.29) is 16.4 Å². The van der Waals surface area contributed by atoms with Crippen molar-refractivity contribution >= 4 is 9.84 Å². The molecule has 4 nitrogen and oxygen atoms in total. The van der Waals surface area contributed by atoms with Gasteiger partial charge in [0.25, 0.3) is 0 Å². The summed E-state index contributed by atoms with van der Waals surface area (Å²) < 4.78 is 24.0. The molecule has 0 saturated heterocycles. The fourth-order valence-corrected chi connectivity index (χ4v) is 4.32. The first-order valence-corrected chi connectivity index (χ1v) is 8.89. The van der Waals surface area contributed by atoms with E-state index in [1.54, 1.807) is 13.8 Å². The molecule has 0 amide bonds. The van der Waals surface area contributed by atoms with E-state index < -0.39 is 21.4 Å². The summed E-state index contributed by atoms with van der Waals surface area (Å²) in [6.45, 7) is 7.83. The summed E-state index contributed by atoms with van der Waals surface area (Å²) in [5, 5.41) is 10.2. The fourth-order valence-electron chi connectivity index (χ4n) is 3.16. The van der Waals surface area contributed by atoms with E-state index in [2.05, 4.69) is 0 Å². The lowest BCUT2D eigenvalue weighted by Crippen LogP contribution is -2.53. The van der Waals surface area contributed by atoms with Gasteiger partial charge in [-0.05, 0) is 38.5 Å². The van der Waals surface area contributed by atoms with E-state index in [9.17, 15) is 13.5 Å². The number of aliphatic hydroxyl groups is 1. The molecule has 5 heteroatoms. The predicted octanol–water partition coefficient (Wildman–Crippen LogP) is 1.72. The number of hydrogen-bond donors (Lipinski definition) is 2. The van der Waals surface area contributed by atoms with Crippen molar-refractivity contribution in [2.24, 2.45) is 16.6 Å². The molecule has 114 valence electrons. The van der Waals surface area contributed by atoms with Crippen molar-refractivity contribution in [3.05, 3.63) is 0 Å². The average Bonchev–Trinajstić information content (AvgIpc) is 2.31. The van der Waals surface area contributed by atoms with Gasteiger partial charge in [0.2, 0.25) is 0 Å². The van der Waals surface area contributed by atoms with Crippen molar-refractivity contribution in [3.63, 3.8) is 0 Å². The monoisotopic (exact) mass is 291 g/mol. The Morgan fingerprint density at radius 3 is 2.37 bits per heavy atom. The van der Waals surface area contributed by atoms with Gasteiger partial charge in [-0.1, -0.05) is 20.3 Å². The number of sulfone groups is 1. The summed E-state index contributed by atoms with van der Waals surface area (Å²) in [6, 6.07) is 0. The molecule has 0 radical (unpaired) electrons. The van der Waals surface area contributed by atoms with Crippen LogP contribution in [0.4, 0.5) is 0 Å². The Morgan fingerprint density at radius 1 is 1.32 bits per heavy atom. The smallest absolute Gasteiger partial charge is 0.152 e. The lowest BCUT2D eigenvalue weighted by Gasteiger charge is -2.49. The van der Waals surface area contributed by atoms with Gasteiger partial charge >= 0.3 is 0 Å². The molecule has 0 spiro atoms. The maximum atomic E-state index is 12.0. The summed E-state index contributed by atoms with van der Waals surface area (Å²) in [7, 11) is -3.07. The number of aliphatic hydroxyl groups excluding tert-OH is 1. The van der Waals surface area contributed by atoms with Gasteiger partial charge < -0.3 is 10.8 Å². The molecular formula is C14H29NO3S. The fraction of sp³-hybridized carbons (Fsp3) is 1.00. The maximum Gasteiger partial charge on any atom is 0.152 e. The molecule has 0 aliphatic heterocycles. The molecule has 1 rings (SSSR count). The van der Waals surface area contributed by atoms with Gasteiger partial charge in [0.1, 0.15) is 0 Å². The summed E-state index contributed by atoms with van der Waals surface area (Å²) in [6.07, 6.45) is 2.73. The van der Waals surface area contributed by atoms with Crippen LogP contribution in [0, 0.1) is 10.8 Å². The van der Waals surface area contributed by atoms with Crippen molar-refractivity contribution in [2.75, 3.05) is 12.3 Å². The van der Waals surface area contributed by atoms with Gasteiger partial charge in [-0.25, -0.2) is 8.42 Å². The first-order valence-electron chi connectivity index (χ1n) is 7.17. The second kappa shape index (κ2) is 5.70. The zero-order valence-electron chi connectivity index (χ0n) is 12.6. The quantitative estimate of drug-likeness (QED) is 0.808. The Balaban J connectivity index is 2.87. The van der Waals surface area contributed by atoms with Gasteiger partial charge in [-0.2, -0.15) is 0 Å². The van der Waals surface area contributed by atoms with E-state index in [0.717, 1.165) is 19.3 Å². The van der Waals surface area contributed by atoms with Crippen LogP contribution in [0.1, 0.15) is 53.4 Å². The molecule has 1 saturated carbocycles. The second-order valence-electron chi connectivity index (χ2n) is 6.98. The van der Waals surface area contributed by atoms with Crippen LogP contribution in [0.3, 0.4) is 0 Å². The van der Waals surface area contributed by atoms with Gasteiger partial charge in [-0.3, -0.25) is 0 Å². The summed E-state index contributed by atoms with van der Waals surface area (Å²) in [5.41, 5.74) is 5.28. The predicted molar refractivity (Wildman–Crippen MR) is 78.7 cm³/mol. The molecule has 2 atom stereocenters. The Labute approximate surface area is 117 Å². The molecule has 2 unspecified atom stereocenters. The van der Waals surface area contributed by atoms with Crippen molar-refractivity contribution in [3.8, 4) is 0 Å². The van der Waals surface area contributed by atoms with Crippen LogP contribution in [0.15, 0.2) is 0 Å². The highest BCUT2D eigenvalue weighted by atomic mass is 32.2. The molecule has 0 aromatic carbocycles.